The zero-order chi connectivity index (χ0) is 22.9. The molecule has 0 radical (unpaired) electrons. The van der Waals surface area contributed by atoms with Crippen LogP contribution in [0.1, 0.15) is 5.69 Å². The fourth-order valence-corrected chi connectivity index (χ4v) is 6.11. The second-order valence-electron chi connectivity index (χ2n) is 6.31. The fourth-order valence-electron chi connectivity index (χ4n) is 3.02. The van der Waals surface area contributed by atoms with Gasteiger partial charge in [-0.1, -0.05) is 5.16 Å². The standard InChI is InChI=1S/C15H14N6O7S3.Na/c16-1-2-31(27,28)5-6-3-29-13-9(12(23)21(13)10(6)14(24)25)19-11(22)8(20-26)7-4-30-15(17)18-7;/h4,9,13,26H,2-3,5H2,(H2,17,18)(H,19,22)(H,24,25);/q;+1/p-1/b20-8-;/t9?,13-;/m1./s1. The number of hydrogen-bond donors (Lipinski definition) is 3. The molecule has 2 aliphatic rings. The first-order chi connectivity index (χ1) is 14.6. The normalized spacial score (nSPS) is 20.5. The van der Waals surface area contributed by atoms with Gasteiger partial charge in [-0.15, -0.1) is 23.1 Å². The average molecular weight is 508 g/mol. The molecule has 3 heterocycles. The third-order valence-corrected chi connectivity index (χ3v) is 7.66. The number of carboxylic acid groups (broad SMARTS) is 1. The number of carbonyl (C=O) groups is 3. The molecule has 2 atom stereocenters. The predicted octanol–water partition coefficient (Wildman–Crippen LogP) is -5.75. The van der Waals surface area contributed by atoms with Crippen molar-refractivity contribution < 1.29 is 62.7 Å². The van der Waals surface area contributed by atoms with E-state index in [0.29, 0.717) is 0 Å². The van der Waals surface area contributed by atoms with Gasteiger partial charge in [0, 0.05) is 11.1 Å². The maximum atomic E-state index is 12.6. The smallest absolute Gasteiger partial charge is 0.543 e. The van der Waals surface area contributed by atoms with Crippen LogP contribution in [-0.4, -0.2) is 75.7 Å². The van der Waals surface area contributed by atoms with Crippen molar-refractivity contribution in [2.75, 3.05) is 23.0 Å². The largest absolute Gasteiger partial charge is 1.00 e. The molecule has 4 N–H and O–H groups in total. The number of nitriles is 1. The third-order valence-electron chi connectivity index (χ3n) is 4.29. The number of sulfone groups is 1. The molecular formula is C15H13N6NaO7S3. The number of thioether (sulfide) groups is 1. The van der Waals surface area contributed by atoms with Crippen molar-refractivity contribution in [2.45, 2.75) is 11.4 Å². The summed E-state index contributed by atoms with van der Waals surface area (Å²) < 4.78 is 23.8. The fraction of sp³-hybridized carbons (Fsp3) is 0.333. The summed E-state index contributed by atoms with van der Waals surface area (Å²) in [5, 5.41) is 35.3. The zero-order valence-corrected chi connectivity index (χ0v) is 20.8. The minimum atomic E-state index is -3.90. The van der Waals surface area contributed by atoms with Crippen LogP contribution >= 0.6 is 23.1 Å². The zero-order valence-electron chi connectivity index (χ0n) is 16.3. The molecule has 1 saturated heterocycles. The summed E-state index contributed by atoms with van der Waals surface area (Å²) in [6, 6.07) is 0.336. The van der Waals surface area contributed by atoms with Crippen LogP contribution < -0.4 is 45.7 Å². The summed E-state index contributed by atoms with van der Waals surface area (Å²) in [5.74, 6) is -5.08. The van der Waals surface area contributed by atoms with Crippen LogP contribution in [0.15, 0.2) is 21.8 Å². The number of oxime groups is 1. The maximum absolute atomic E-state index is 12.6. The number of carboxylic acids is 1. The van der Waals surface area contributed by atoms with Crippen molar-refractivity contribution in [3.8, 4) is 6.07 Å². The van der Waals surface area contributed by atoms with Gasteiger partial charge in [-0.25, -0.2) is 13.4 Å². The number of nitrogens with two attached hydrogens (primary N) is 1. The van der Waals surface area contributed by atoms with E-state index in [0.717, 1.165) is 28.0 Å². The van der Waals surface area contributed by atoms with Gasteiger partial charge in [0.15, 0.2) is 20.7 Å². The second kappa shape index (κ2) is 10.2. The van der Waals surface area contributed by atoms with Gasteiger partial charge in [-0.05, 0) is 5.57 Å². The molecule has 0 aliphatic carbocycles. The number of nitrogens with one attached hydrogen (secondary N) is 1. The Morgan fingerprint density at radius 2 is 2.19 bits per heavy atom. The van der Waals surface area contributed by atoms with E-state index < -0.39 is 62.0 Å². The summed E-state index contributed by atoms with van der Waals surface area (Å²) in [6.45, 7) is 0. The molecule has 2 amide bonds. The first kappa shape index (κ1) is 26.1. The molecule has 0 bridgehead atoms. The molecule has 2 aliphatic heterocycles. The van der Waals surface area contributed by atoms with E-state index in [1.54, 1.807) is 0 Å². The van der Waals surface area contributed by atoms with Crippen LogP contribution in [0.4, 0.5) is 5.13 Å². The Hall–Kier alpha value is -2.16. The van der Waals surface area contributed by atoms with Crippen molar-refractivity contribution in [1.29, 1.82) is 5.26 Å². The Kier molecular flexibility index (Phi) is 8.31. The second-order valence-corrected chi connectivity index (χ2v) is 10.4. The first-order valence-corrected chi connectivity index (χ1v) is 12.0. The quantitative estimate of drug-likeness (QED) is 0.104. The van der Waals surface area contributed by atoms with Gasteiger partial charge >= 0.3 is 29.6 Å². The molecule has 1 aromatic heterocycles. The van der Waals surface area contributed by atoms with Gasteiger partial charge < -0.3 is 26.2 Å². The molecular weight excluding hydrogens is 495 g/mol. The van der Waals surface area contributed by atoms with E-state index in [1.807, 2.05) is 0 Å². The minimum Gasteiger partial charge on any atom is -0.543 e. The summed E-state index contributed by atoms with van der Waals surface area (Å²) >= 11 is 2.03. The summed E-state index contributed by atoms with van der Waals surface area (Å²) in [4.78, 5) is 41.3. The van der Waals surface area contributed by atoms with Crippen molar-refractivity contribution in [3.05, 3.63) is 22.3 Å². The molecule has 1 aromatic rings. The minimum absolute atomic E-state index is 0. The molecule has 17 heteroatoms. The van der Waals surface area contributed by atoms with E-state index >= 15 is 0 Å². The number of carbonyl (C=O) groups excluding carboxylic acids is 3. The number of fused-ring (bicyclic) bond motifs is 1. The van der Waals surface area contributed by atoms with Crippen LogP contribution in [0.3, 0.4) is 0 Å². The van der Waals surface area contributed by atoms with Crippen LogP contribution in [0.5, 0.6) is 0 Å². The Balaban J connectivity index is 0.00000363. The summed E-state index contributed by atoms with van der Waals surface area (Å²) in [5.41, 5.74) is 4.32. The van der Waals surface area contributed by atoms with Gasteiger partial charge in [0.05, 0.1) is 23.5 Å². The Labute approximate surface area is 211 Å². The number of aromatic nitrogens is 1. The molecule has 164 valence electrons. The number of β-lactam (4-membered cyclic amide) rings is 1. The monoisotopic (exact) mass is 508 g/mol. The van der Waals surface area contributed by atoms with Crippen LogP contribution in [0.2, 0.25) is 0 Å². The molecule has 0 saturated carbocycles. The summed E-state index contributed by atoms with van der Waals surface area (Å²) in [6.07, 6.45) is 0. The SMILES string of the molecule is N#CCS(=O)(=O)CC1=C(C(=O)[O-])N2C(=O)C(NC(=O)/C(=N\O)c3csc(N)n3)[C@H]2SC1.[Na+]. The Morgan fingerprint density at radius 1 is 1.50 bits per heavy atom. The number of nitrogens with zero attached hydrogens (tertiary/aromatic N) is 4. The van der Waals surface area contributed by atoms with Crippen LogP contribution in [0.25, 0.3) is 0 Å². The molecule has 32 heavy (non-hydrogen) atoms. The van der Waals surface area contributed by atoms with E-state index in [9.17, 15) is 27.9 Å². The van der Waals surface area contributed by atoms with E-state index in [1.165, 1.54) is 11.4 Å². The van der Waals surface area contributed by atoms with Gasteiger partial charge in [0.2, 0.25) is 0 Å². The number of rotatable bonds is 7. The van der Waals surface area contributed by atoms with Crippen molar-refractivity contribution in [3.63, 3.8) is 0 Å². The predicted molar refractivity (Wildman–Crippen MR) is 106 cm³/mol. The Bertz CT molecular complexity index is 1170. The molecule has 0 aromatic carbocycles. The number of aliphatic carboxylic acids is 1. The van der Waals surface area contributed by atoms with E-state index in [4.69, 9.17) is 16.2 Å². The average Bonchev–Trinajstić information content (AvgIpc) is 3.11. The number of amides is 2. The van der Waals surface area contributed by atoms with Crippen LogP contribution in [-0.2, 0) is 24.2 Å². The third kappa shape index (κ3) is 5.08. The van der Waals surface area contributed by atoms with Gasteiger partial charge in [-0.2, -0.15) is 5.26 Å². The topological polar surface area (TPSA) is 219 Å². The van der Waals surface area contributed by atoms with Crippen molar-refractivity contribution >= 4 is 61.6 Å². The van der Waals surface area contributed by atoms with Gasteiger partial charge in [-0.3, -0.25) is 14.5 Å². The number of nitrogen functional groups attached to an aromatic ring is 1. The molecule has 1 unspecified atom stereocenters. The molecule has 13 nitrogen and oxygen atoms in total. The summed E-state index contributed by atoms with van der Waals surface area (Å²) in [7, 11) is -3.90. The first-order valence-electron chi connectivity index (χ1n) is 8.29. The number of anilines is 1. The van der Waals surface area contributed by atoms with E-state index in [2.05, 4.69) is 15.5 Å². The molecule has 3 rings (SSSR count). The van der Waals surface area contributed by atoms with Crippen LogP contribution in [0, 0.1) is 11.3 Å². The molecule has 0 spiro atoms. The number of hydrogen-bond acceptors (Lipinski definition) is 13. The number of thiazole rings is 1. The van der Waals surface area contributed by atoms with E-state index in [-0.39, 0.29) is 51.7 Å². The van der Waals surface area contributed by atoms with Crippen molar-refractivity contribution in [1.82, 2.24) is 15.2 Å². The van der Waals surface area contributed by atoms with Gasteiger partial charge in [0.25, 0.3) is 11.8 Å². The molecule has 1 fully saturated rings. The maximum Gasteiger partial charge on any atom is 1.00 e. The Morgan fingerprint density at radius 3 is 2.72 bits per heavy atom. The van der Waals surface area contributed by atoms with Gasteiger partial charge in [0.1, 0.15) is 22.9 Å². The van der Waals surface area contributed by atoms with Crippen molar-refractivity contribution in [2.24, 2.45) is 5.16 Å².